The fourth-order valence-electron chi connectivity index (χ4n) is 4.71. The van der Waals surface area contributed by atoms with Gasteiger partial charge < -0.3 is 9.53 Å². The summed E-state index contributed by atoms with van der Waals surface area (Å²) in [5.41, 5.74) is 3.80. The van der Waals surface area contributed by atoms with Gasteiger partial charge in [-0.05, 0) is 54.4 Å². The summed E-state index contributed by atoms with van der Waals surface area (Å²) in [4.78, 5) is 24.9. The molecule has 0 N–H and O–H groups in total. The summed E-state index contributed by atoms with van der Waals surface area (Å²) >= 11 is 0. The Morgan fingerprint density at radius 1 is 0.765 bits per heavy atom. The first-order valence-electron chi connectivity index (χ1n) is 12.3. The summed E-state index contributed by atoms with van der Waals surface area (Å²) in [7, 11) is 0. The number of hydrogen-bond acceptors (Lipinski definition) is 3. The van der Waals surface area contributed by atoms with E-state index in [0.29, 0.717) is 12.0 Å². The quantitative estimate of drug-likeness (QED) is 0.222. The van der Waals surface area contributed by atoms with E-state index < -0.39 is 0 Å². The van der Waals surface area contributed by atoms with Crippen LogP contribution in [0.4, 0.5) is 0 Å². The molecule has 0 unspecified atom stereocenters. The molecule has 2 atom stereocenters. The maximum atomic E-state index is 13.6. The summed E-state index contributed by atoms with van der Waals surface area (Å²) in [6.45, 7) is 7.91. The van der Waals surface area contributed by atoms with E-state index >= 15 is 0 Å². The van der Waals surface area contributed by atoms with Crippen molar-refractivity contribution >= 4 is 11.8 Å². The SMILES string of the molecule is CC(=O)CCC[C@@H](C)[C@H](OC(=O)c1ccccc1C(c1ccccc1)c1ccccc1)C(C)C. The largest absolute Gasteiger partial charge is 0.458 e. The molecular weight excluding hydrogens is 420 g/mol. The normalized spacial score (nSPS) is 13.0. The molecule has 178 valence electrons. The van der Waals surface area contributed by atoms with Gasteiger partial charge in [-0.2, -0.15) is 0 Å². The van der Waals surface area contributed by atoms with E-state index in [2.05, 4.69) is 45.0 Å². The Kier molecular flexibility index (Phi) is 9.21. The Balaban J connectivity index is 1.92. The van der Waals surface area contributed by atoms with Crippen LogP contribution in [-0.4, -0.2) is 17.9 Å². The maximum absolute atomic E-state index is 13.6. The van der Waals surface area contributed by atoms with E-state index in [1.165, 1.54) is 0 Å². The van der Waals surface area contributed by atoms with Gasteiger partial charge in [0.25, 0.3) is 0 Å². The summed E-state index contributed by atoms with van der Waals surface area (Å²) in [5.74, 6) is 0.199. The van der Waals surface area contributed by atoms with Crippen molar-refractivity contribution in [2.45, 2.75) is 59.0 Å². The van der Waals surface area contributed by atoms with Crippen molar-refractivity contribution in [2.24, 2.45) is 11.8 Å². The maximum Gasteiger partial charge on any atom is 0.338 e. The Hall–Kier alpha value is -3.20. The molecule has 0 aliphatic heterocycles. The third-order valence-electron chi connectivity index (χ3n) is 6.41. The van der Waals surface area contributed by atoms with Crippen molar-refractivity contribution in [3.63, 3.8) is 0 Å². The zero-order chi connectivity index (χ0) is 24.5. The smallest absolute Gasteiger partial charge is 0.338 e. The predicted molar refractivity (Wildman–Crippen MR) is 138 cm³/mol. The van der Waals surface area contributed by atoms with Gasteiger partial charge >= 0.3 is 5.97 Å². The highest BCUT2D eigenvalue weighted by Gasteiger charge is 2.28. The highest BCUT2D eigenvalue weighted by atomic mass is 16.5. The lowest BCUT2D eigenvalue weighted by molar-refractivity contribution is -0.117. The van der Waals surface area contributed by atoms with Crippen LogP contribution in [0.5, 0.6) is 0 Å². The summed E-state index contributed by atoms with van der Waals surface area (Å²) in [6.07, 6.45) is 2.03. The number of carbonyl (C=O) groups excluding carboxylic acids is 2. The Morgan fingerprint density at radius 3 is 1.82 bits per heavy atom. The molecule has 0 saturated heterocycles. The van der Waals surface area contributed by atoms with Gasteiger partial charge in [0, 0.05) is 12.3 Å². The summed E-state index contributed by atoms with van der Waals surface area (Å²) in [5, 5.41) is 0. The van der Waals surface area contributed by atoms with Crippen LogP contribution in [0.3, 0.4) is 0 Å². The van der Waals surface area contributed by atoms with Crippen LogP contribution in [-0.2, 0) is 9.53 Å². The number of Topliss-reactive ketones (excluding diaryl/α,β-unsaturated/α-hetero) is 1. The highest BCUT2D eigenvalue weighted by Crippen LogP contribution is 2.34. The van der Waals surface area contributed by atoms with Gasteiger partial charge in [0.1, 0.15) is 11.9 Å². The minimum Gasteiger partial charge on any atom is -0.458 e. The van der Waals surface area contributed by atoms with Crippen molar-refractivity contribution in [1.82, 2.24) is 0 Å². The van der Waals surface area contributed by atoms with Crippen LogP contribution in [0.1, 0.15) is 79.9 Å². The minimum absolute atomic E-state index is 0.0726. The zero-order valence-corrected chi connectivity index (χ0v) is 20.7. The molecule has 0 spiro atoms. The van der Waals surface area contributed by atoms with Crippen molar-refractivity contribution in [3.8, 4) is 0 Å². The van der Waals surface area contributed by atoms with Crippen LogP contribution in [0, 0.1) is 11.8 Å². The minimum atomic E-state index is -0.287. The van der Waals surface area contributed by atoms with Crippen molar-refractivity contribution in [1.29, 1.82) is 0 Å². The molecule has 0 fully saturated rings. The van der Waals surface area contributed by atoms with Gasteiger partial charge in [0.2, 0.25) is 0 Å². The number of ketones is 1. The molecule has 3 aromatic carbocycles. The first kappa shape index (κ1) is 25.4. The van der Waals surface area contributed by atoms with Crippen molar-refractivity contribution in [3.05, 3.63) is 107 Å². The number of rotatable bonds is 11. The molecule has 0 amide bonds. The van der Waals surface area contributed by atoms with Crippen LogP contribution in [0.25, 0.3) is 0 Å². The van der Waals surface area contributed by atoms with Gasteiger partial charge in [-0.3, -0.25) is 0 Å². The standard InChI is InChI=1S/C31H36O3/c1-22(2)30(23(3)14-13-15-24(4)32)34-31(33)28-21-12-11-20-27(28)29(25-16-7-5-8-17-25)26-18-9-6-10-19-26/h5-12,16-23,29-30H,13-15H2,1-4H3/t23-,30-/m1/s1. The third-order valence-corrected chi connectivity index (χ3v) is 6.41. The molecule has 0 radical (unpaired) electrons. The molecule has 0 heterocycles. The fraction of sp³-hybridized carbons (Fsp3) is 0.355. The lowest BCUT2D eigenvalue weighted by Gasteiger charge is -2.28. The van der Waals surface area contributed by atoms with Crippen LogP contribution in [0.2, 0.25) is 0 Å². The monoisotopic (exact) mass is 456 g/mol. The zero-order valence-electron chi connectivity index (χ0n) is 20.7. The molecule has 3 rings (SSSR count). The second-order valence-corrected chi connectivity index (χ2v) is 9.53. The molecule has 3 nitrogen and oxygen atoms in total. The summed E-state index contributed by atoms with van der Waals surface area (Å²) < 4.78 is 6.16. The van der Waals surface area contributed by atoms with E-state index in [-0.39, 0.29) is 35.6 Å². The first-order chi connectivity index (χ1) is 16.4. The second kappa shape index (κ2) is 12.3. The molecule has 0 aliphatic carbocycles. The number of ether oxygens (including phenoxy) is 1. The topological polar surface area (TPSA) is 43.4 Å². The predicted octanol–water partition coefficient (Wildman–Crippen LogP) is 7.44. The van der Waals surface area contributed by atoms with Crippen LogP contribution < -0.4 is 0 Å². The lowest BCUT2D eigenvalue weighted by Crippen LogP contribution is -2.31. The third kappa shape index (κ3) is 6.66. The Morgan fingerprint density at radius 2 is 1.29 bits per heavy atom. The number of benzene rings is 3. The van der Waals surface area contributed by atoms with Gasteiger partial charge in [0.05, 0.1) is 5.56 Å². The van der Waals surface area contributed by atoms with Gasteiger partial charge in [-0.25, -0.2) is 4.79 Å². The van der Waals surface area contributed by atoms with Gasteiger partial charge in [0.15, 0.2) is 0 Å². The number of hydrogen-bond donors (Lipinski definition) is 0. The van der Waals surface area contributed by atoms with Gasteiger partial charge in [-0.1, -0.05) is 99.6 Å². The molecule has 0 saturated carbocycles. The number of carbonyl (C=O) groups is 2. The highest BCUT2D eigenvalue weighted by molar-refractivity contribution is 5.92. The van der Waals surface area contributed by atoms with E-state index in [0.717, 1.165) is 29.5 Å². The van der Waals surface area contributed by atoms with Crippen LogP contribution in [0.15, 0.2) is 84.9 Å². The molecule has 0 aromatic heterocycles. The van der Waals surface area contributed by atoms with E-state index in [9.17, 15) is 9.59 Å². The Bertz CT molecular complexity index is 1020. The van der Waals surface area contributed by atoms with Crippen molar-refractivity contribution in [2.75, 3.05) is 0 Å². The molecule has 0 aliphatic rings. The second-order valence-electron chi connectivity index (χ2n) is 9.53. The van der Waals surface area contributed by atoms with E-state index in [4.69, 9.17) is 4.74 Å². The van der Waals surface area contributed by atoms with Gasteiger partial charge in [-0.15, -0.1) is 0 Å². The lowest BCUT2D eigenvalue weighted by atomic mass is 9.83. The van der Waals surface area contributed by atoms with E-state index in [1.807, 2.05) is 60.7 Å². The van der Waals surface area contributed by atoms with Crippen molar-refractivity contribution < 1.29 is 14.3 Å². The summed E-state index contributed by atoms with van der Waals surface area (Å²) in [6, 6.07) is 28.3. The Labute approximate surface area is 204 Å². The molecule has 3 aromatic rings. The molecular formula is C31H36O3. The average Bonchev–Trinajstić information content (AvgIpc) is 2.83. The fourth-order valence-corrected chi connectivity index (χ4v) is 4.71. The average molecular weight is 457 g/mol. The van der Waals surface area contributed by atoms with Crippen LogP contribution >= 0.6 is 0 Å². The molecule has 34 heavy (non-hydrogen) atoms. The number of esters is 1. The van der Waals surface area contributed by atoms with E-state index in [1.54, 1.807) is 6.92 Å². The molecule has 0 bridgehead atoms. The first-order valence-corrected chi connectivity index (χ1v) is 12.3. The molecule has 3 heteroatoms.